The molecule has 1 saturated heterocycles. The molecule has 1 aliphatic rings. The molecule has 4 heteroatoms. The van der Waals surface area contributed by atoms with Crippen molar-refractivity contribution in [1.29, 1.82) is 0 Å². The van der Waals surface area contributed by atoms with Gasteiger partial charge in [-0.3, -0.25) is 0 Å². The maximum absolute atomic E-state index is 4.74. The summed E-state index contributed by atoms with van der Waals surface area (Å²) in [6.45, 7) is 7.12. The van der Waals surface area contributed by atoms with Gasteiger partial charge in [0.25, 0.3) is 0 Å². The Kier molecular flexibility index (Phi) is 5.11. The third-order valence-corrected chi connectivity index (χ3v) is 4.30. The van der Waals surface area contributed by atoms with Crippen LogP contribution in [0.25, 0.3) is 0 Å². The molecule has 1 aromatic heterocycles. The molecule has 0 bridgehead atoms. The lowest BCUT2D eigenvalue weighted by molar-refractivity contribution is 0.726. The van der Waals surface area contributed by atoms with Crippen molar-refractivity contribution in [2.45, 2.75) is 46.1 Å². The second kappa shape index (κ2) is 7.44. The minimum absolute atomic E-state index is 0.728. The SMILES string of the molecule is Cc1cccc(CNc2nc(C)cc(N3CCCCCC3)n2)c1. The summed E-state index contributed by atoms with van der Waals surface area (Å²) in [5.41, 5.74) is 3.55. The molecule has 1 aromatic carbocycles. The fourth-order valence-corrected chi connectivity index (χ4v) is 3.10. The first kappa shape index (κ1) is 15.8. The van der Waals surface area contributed by atoms with Gasteiger partial charge in [-0.1, -0.05) is 42.7 Å². The van der Waals surface area contributed by atoms with Crippen LogP contribution in [-0.2, 0) is 6.54 Å². The summed E-state index contributed by atoms with van der Waals surface area (Å²) in [5.74, 6) is 1.79. The number of hydrogen-bond acceptors (Lipinski definition) is 4. The molecule has 0 aliphatic carbocycles. The molecule has 0 unspecified atom stereocenters. The van der Waals surface area contributed by atoms with E-state index in [1.807, 2.05) is 6.92 Å². The third-order valence-electron chi connectivity index (χ3n) is 4.30. The van der Waals surface area contributed by atoms with Crippen molar-refractivity contribution in [2.24, 2.45) is 0 Å². The van der Waals surface area contributed by atoms with Gasteiger partial charge in [0.1, 0.15) is 5.82 Å². The van der Waals surface area contributed by atoms with Gasteiger partial charge in [-0.15, -0.1) is 0 Å². The number of hydrogen-bond donors (Lipinski definition) is 1. The second-order valence-electron chi connectivity index (χ2n) is 6.43. The van der Waals surface area contributed by atoms with Crippen molar-refractivity contribution >= 4 is 11.8 Å². The Morgan fingerprint density at radius 1 is 1.00 bits per heavy atom. The molecule has 2 aromatic rings. The maximum Gasteiger partial charge on any atom is 0.225 e. The van der Waals surface area contributed by atoms with E-state index in [1.54, 1.807) is 0 Å². The van der Waals surface area contributed by atoms with Gasteiger partial charge in [-0.05, 0) is 32.3 Å². The highest BCUT2D eigenvalue weighted by molar-refractivity contribution is 5.45. The maximum atomic E-state index is 4.74. The van der Waals surface area contributed by atoms with Gasteiger partial charge in [0.15, 0.2) is 0 Å². The van der Waals surface area contributed by atoms with Crippen molar-refractivity contribution in [1.82, 2.24) is 9.97 Å². The van der Waals surface area contributed by atoms with Crippen molar-refractivity contribution < 1.29 is 0 Å². The molecule has 1 N–H and O–H groups in total. The van der Waals surface area contributed by atoms with E-state index < -0.39 is 0 Å². The number of aryl methyl sites for hydroxylation is 2. The Morgan fingerprint density at radius 3 is 2.52 bits per heavy atom. The van der Waals surface area contributed by atoms with Crippen LogP contribution in [0.1, 0.15) is 42.5 Å². The van der Waals surface area contributed by atoms with E-state index in [4.69, 9.17) is 4.98 Å². The summed E-state index contributed by atoms with van der Waals surface area (Å²) in [6.07, 6.45) is 5.18. The van der Waals surface area contributed by atoms with Gasteiger partial charge >= 0.3 is 0 Å². The van der Waals surface area contributed by atoms with Crippen LogP contribution in [0.15, 0.2) is 30.3 Å². The highest BCUT2D eigenvalue weighted by atomic mass is 15.2. The van der Waals surface area contributed by atoms with E-state index in [2.05, 4.69) is 52.5 Å². The van der Waals surface area contributed by atoms with Crippen LogP contribution < -0.4 is 10.2 Å². The van der Waals surface area contributed by atoms with Crippen LogP contribution in [0.3, 0.4) is 0 Å². The first-order chi connectivity index (χ1) is 11.2. The molecule has 1 fully saturated rings. The van der Waals surface area contributed by atoms with Crippen LogP contribution >= 0.6 is 0 Å². The molecule has 4 nitrogen and oxygen atoms in total. The van der Waals surface area contributed by atoms with Crippen molar-refractivity contribution in [3.63, 3.8) is 0 Å². The predicted octanol–water partition coefficient (Wildman–Crippen LogP) is 4.09. The average Bonchev–Trinajstić information content (AvgIpc) is 2.82. The first-order valence-corrected chi connectivity index (χ1v) is 8.61. The van der Waals surface area contributed by atoms with Gasteiger partial charge in [-0.25, -0.2) is 4.98 Å². The van der Waals surface area contributed by atoms with Crippen LogP contribution in [0.4, 0.5) is 11.8 Å². The molecule has 0 radical (unpaired) electrons. The smallest absolute Gasteiger partial charge is 0.225 e. The van der Waals surface area contributed by atoms with Crippen LogP contribution in [0, 0.1) is 13.8 Å². The van der Waals surface area contributed by atoms with E-state index in [0.29, 0.717) is 0 Å². The second-order valence-corrected chi connectivity index (χ2v) is 6.43. The van der Waals surface area contributed by atoms with Crippen LogP contribution in [-0.4, -0.2) is 23.1 Å². The van der Waals surface area contributed by atoms with E-state index in [0.717, 1.165) is 37.1 Å². The molecule has 2 heterocycles. The normalized spacial score (nSPS) is 15.3. The van der Waals surface area contributed by atoms with Gasteiger partial charge in [0, 0.05) is 31.4 Å². The molecule has 122 valence electrons. The number of rotatable bonds is 4. The standard InChI is InChI=1S/C19H26N4/c1-15-8-7-9-17(12-15)14-20-19-21-16(2)13-18(22-19)23-10-5-3-4-6-11-23/h7-9,12-13H,3-6,10-11,14H2,1-2H3,(H,20,21,22). The predicted molar refractivity (Wildman–Crippen MR) is 96.0 cm³/mol. The minimum atomic E-state index is 0.728. The summed E-state index contributed by atoms with van der Waals surface area (Å²) in [6, 6.07) is 10.6. The Balaban J connectivity index is 1.72. The monoisotopic (exact) mass is 310 g/mol. The largest absolute Gasteiger partial charge is 0.356 e. The molecule has 0 amide bonds. The fraction of sp³-hybridized carbons (Fsp3) is 0.474. The minimum Gasteiger partial charge on any atom is -0.356 e. The summed E-state index contributed by atoms with van der Waals surface area (Å²) in [4.78, 5) is 11.7. The van der Waals surface area contributed by atoms with Crippen LogP contribution in [0.2, 0.25) is 0 Å². The number of anilines is 2. The lowest BCUT2D eigenvalue weighted by atomic mass is 10.1. The Labute approximate surface area is 139 Å². The van der Waals surface area contributed by atoms with E-state index in [1.165, 1.54) is 36.8 Å². The first-order valence-electron chi connectivity index (χ1n) is 8.61. The fourth-order valence-electron chi connectivity index (χ4n) is 3.10. The molecule has 0 spiro atoms. The van der Waals surface area contributed by atoms with Gasteiger partial charge in [0.05, 0.1) is 0 Å². The summed E-state index contributed by atoms with van der Waals surface area (Å²) in [5, 5.41) is 3.38. The average molecular weight is 310 g/mol. The van der Waals surface area contributed by atoms with Gasteiger partial charge in [0.2, 0.25) is 5.95 Å². The molecule has 23 heavy (non-hydrogen) atoms. The highest BCUT2D eigenvalue weighted by Crippen LogP contribution is 2.19. The van der Waals surface area contributed by atoms with Crippen molar-refractivity contribution in [3.05, 3.63) is 47.2 Å². The Hall–Kier alpha value is -2.10. The highest BCUT2D eigenvalue weighted by Gasteiger charge is 2.13. The molecular weight excluding hydrogens is 284 g/mol. The Bertz CT molecular complexity index is 646. The zero-order valence-electron chi connectivity index (χ0n) is 14.2. The van der Waals surface area contributed by atoms with E-state index in [9.17, 15) is 0 Å². The molecule has 0 saturated carbocycles. The van der Waals surface area contributed by atoms with Crippen molar-refractivity contribution in [3.8, 4) is 0 Å². The molecular formula is C19H26N4. The number of nitrogens with one attached hydrogen (secondary N) is 1. The lowest BCUT2D eigenvalue weighted by Crippen LogP contribution is -2.25. The summed E-state index contributed by atoms with van der Waals surface area (Å²) >= 11 is 0. The van der Waals surface area contributed by atoms with Gasteiger partial charge < -0.3 is 10.2 Å². The lowest BCUT2D eigenvalue weighted by Gasteiger charge is -2.22. The number of benzene rings is 1. The Morgan fingerprint density at radius 2 is 1.78 bits per heavy atom. The topological polar surface area (TPSA) is 41.1 Å². The van der Waals surface area contributed by atoms with E-state index >= 15 is 0 Å². The van der Waals surface area contributed by atoms with E-state index in [-0.39, 0.29) is 0 Å². The zero-order valence-corrected chi connectivity index (χ0v) is 14.2. The number of nitrogens with zero attached hydrogens (tertiary/aromatic N) is 3. The number of aromatic nitrogens is 2. The van der Waals surface area contributed by atoms with Crippen molar-refractivity contribution in [2.75, 3.05) is 23.3 Å². The quantitative estimate of drug-likeness (QED) is 0.923. The molecule has 0 atom stereocenters. The molecule has 1 aliphatic heterocycles. The summed E-state index contributed by atoms with van der Waals surface area (Å²) < 4.78 is 0. The van der Waals surface area contributed by atoms with Gasteiger partial charge in [-0.2, -0.15) is 4.98 Å². The zero-order chi connectivity index (χ0) is 16.1. The van der Waals surface area contributed by atoms with Crippen LogP contribution in [0.5, 0.6) is 0 Å². The third kappa shape index (κ3) is 4.44. The molecule has 3 rings (SSSR count). The summed E-state index contributed by atoms with van der Waals surface area (Å²) in [7, 11) is 0.